The molecule has 0 heterocycles. The fourth-order valence-electron chi connectivity index (χ4n) is 2.71. The molecule has 3 aromatic carbocycles. The van der Waals surface area contributed by atoms with E-state index < -0.39 is 0 Å². The molecule has 0 spiro atoms. The van der Waals surface area contributed by atoms with Crippen LogP contribution in [0.2, 0.25) is 10.0 Å². The minimum Gasteiger partial charge on any atom is -0.349 e. The van der Waals surface area contributed by atoms with Crippen LogP contribution in [0.1, 0.15) is 24.1 Å². The van der Waals surface area contributed by atoms with Crippen LogP contribution < -0.4 is 5.32 Å². The number of amides is 1. The maximum atomic E-state index is 12.3. The molecule has 3 rings (SSSR count). The molecule has 0 aliphatic heterocycles. The molecular formula is C20H17Cl2NO. The summed E-state index contributed by atoms with van der Waals surface area (Å²) < 4.78 is 0. The van der Waals surface area contributed by atoms with E-state index in [0.29, 0.717) is 15.6 Å². The van der Waals surface area contributed by atoms with Gasteiger partial charge >= 0.3 is 0 Å². The fourth-order valence-corrected chi connectivity index (χ4v) is 3.25. The van der Waals surface area contributed by atoms with Crippen molar-refractivity contribution < 1.29 is 4.79 Å². The third-order valence-corrected chi connectivity index (χ3v) is 4.76. The normalized spacial score (nSPS) is 12.1. The van der Waals surface area contributed by atoms with Crippen LogP contribution in [0.15, 0.2) is 60.7 Å². The Kier molecular flexibility index (Phi) is 5.08. The van der Waals surface area contributed by atoms with E-state index in [1.54, 1.807) is 18.2 Å². The monoisotopic (exact) mass is 357 g/mol. The van der Waals surface area contributed by atoms with Crippen molar-refractivity contribution in [1.82, 2.24) is 5.32 Å². The van der Waals surface area contributed by atoms with E-state index in [2.05, 4.69) is 29.6 Å². The van der Waals surface area contributed by atoms with Gasteiger partial charge in [0.1, 0.15) is 0 Å². The molecule has 4 heteroatoms. The first-order valence-electron chi connectivity index (χ1n) is 7.75. The van der Waals surface area contributed by atoms with Crippen LogP contribution in [0, 0.1) is 0 Å². The summed E-state index contributed by atoms with van der Waals surface area (Å²) in [7, 11) is 0. The van der Waals surface area contributed by atoms with E-state index in [0.717, 1.165) is 10.9 Å². The van der Waals surface area contributed by atoms with Gasteiger partial charge in [-0.15, -0.1) is 0 Å². The van der Waals surface area contributed by atoms with Crippen molar-refractivity contribution in [3.63, 3.8) is 0 Å². The lowest BCUT2D eigenvalue weighted by atomic mass is 10.0. The summed E-state index contributed by atoms with van der Waals surface area (Å²) >= 11 is 12.3. The van der Waals surface area contributed by atoms with E-state index >= 15 is 0 Å². The molecule has 0 radical (unpaired) electrons. The maximum Gasteiger partial charge on any atom is 0.225 e. The number of nitrogens with one attached hydrogen (secondary N) is 1. The Hall–Kier alpha value is -2.03. The quantitative estimate of drug-likeness (QED) is 0.649. The van der Waals surface area contributed by atoms with Crippen molar-refractivity contribution >= 4 is 39.9 Å². The molecule has 2 nitrogen and oxygen atoms in total. The number of halogens is 2. The summed E-state index contributed by atoms with van der Waals surface area (Å²) in [5.74, 6) is -0.106. The lowest BCUT2D eigenvalue weighted by Gasteiger charge is -2.16. The van der Waals surface area contributed by atoms with E-state index in [9.17, 15) is 4.79 Å². The molecule has 3 aromatic rings. The first-order chi connectivity index (χ1) is 11.5. The average molecular weight is 358 g/mol. The van der Waals surface area contributed by atoms with Crippen LogP contribution in [0.3, 0.4) is 0 Å². The van der Waals surface area contributed by atoms with Crippen LogP contribution in [0.25, 0.3) is 10.8 Å². The summed E-state index contributed by atoms with van der Waals surface area (Å²) in [6, 6.07) is 19.5. The molecule has 0 aliphatic carbocycles. The van der Waals surface area contributed by atoms with Crippen LogP contribution in [-0.4, -0.2) is 5.91 Å². The molecule has 0 aromatic heterocycles. The van der Waals surface area contributed by atoms with Gasteiger partial charge in [0.15, 0.2) is 0 Å². The summed E-state index contributed by atoms with van der Waals surface area (Å²) in [5.41, 5.74) is 1.72. The summed E-state index contributed by atoms with van der Waals surface area (Å²) in [6.45, 7) is 1.97. The van der Waals surface area contributed by atoms with Gasteiger partial charge in [0.05, 0.1) is 12.5 Å². The molecule has 1 unspecified atom stereocenters. The van der Waals surface area contributed by atoms with Crippen molar-refractivity contribution in [3.8, 4) is 0 Å². The number of rotatable bonds is 4. The predicted molar refractivity (Wildman–Crippen MR) is 101 cm³/mol. The van der Waals surface area contributed by atoms with Gasteiger partial charge in [0.25, 0.3) is 0 Å². The highest BCUT2D eigenvalue weighted by atomic mass is 35.5. The van der Waals surface area contributed by atoms with Gasteiger partial charge in [-0.1, -0.05) is 65.7 Å². The molecule has 0 aliphatic rings. The van der Waals surface area contributed by atoms with Crippen LogP contribution in [0.5, 0.6) is 0 Å². The Morgan fingerprint density at radius 1 is 0.958 bits per heavy atom. The third-order valence-electron chi connectivity index (χ3n) is 4.05. The Balaban J connectivity index is 1.73. The number of carbonyl (C=O) groups is 1. The Labute approximate surface area is 151 Å². The predicted octanol–water partition coefficient (Wildman–Crippen LogP) is 5.57. The van der Waals surface area contributed by atoms with Crippen molar-refractivity contribution in [2.24, 2.45) is 0 Å². The molecule has 1 amide bonds. The smallest absolute Gasteiger partial charge is 0.225 e. The van der Waals surface area contributed by atoms with Gasteiger partial charge < -0.3 is 5.32 Å². The zero-order chi connectivity index (χ0) is 17.1. The van der Waals surface area contributed by atoms with Gasteiger partial charge in [-0.05, 0) is 47.0 Å². The van der Waals surface area contributed by atoms with Gasteiger partial charge in [0, 0.05) is 10.0 Å². The minimum atomic E-state index is -0.106. The Morgan fingerprint density at radius 3 is 2.33 bits per heavy atom. The van der Waals surface area contributed by atoms with E-state index in [-0.39, 0.29) is 18.4 Å². The van der Waals surface area contributed by atoms with Gasteiger partial charge in [-0.3, -0.25) is 4.79 Å². The third kappa shape index (κ3) is 3.72. The van der Waals surface area contributed by atoms with E-state index in [1.165, 1.54) is 5.39 Å². The molecule has 1 N–H and O–H groups in total. The number of hydrogen-bond donors (Lipinski definition) is 1. The van der Waals surface area contributed by atoms with Crippen LogP contribution in [-0.2, 0) is 11.2 Å². The first kappa shape index (κ1) is 16.8. The zero-order valence-electron chi connectivity index (χ0n) is 13.2. The molecule has 122 valence electrons. The molecule has 24 heavy (non-hydrogen) atoms. The summed E-state index contributed by atoms with van der Waals surface area (Å²) in [5, 5.41) is 6.37. The highest BCUT2D eigenvalue weighted by Crippen LogP contribution is 2.25. The van der Waals surface area contributed by atoms with Crippen molar-refractivity contribution in [1.29, 1.82) is 0 Å². The summed E-state index contributed by atoms with van der Waals surface area (Å²) in [4.78, 5) is 12.3. The average Bonchev–Trinajstić information content (AvgIpc) is 2.58. The first-order valence-corrected chi connectivity index (χ1v) is 8.51. The largest absolute Gasteiger partial charge is 0.349 e. The highest BCUT2D eigenvalue weighted by Gasteiger charge is 2.14. The number of carbonyl (C=O) groups excluding carboxylic acids is 1. The van der Waals surface area contributed by atoms with Gasteiger partial charge in [-0.25, -0.2) is 0 Å². The van der Waals surface area contributed by atoms with Crippen LogP contribution in [0.4, 0.5) is 0 Å². The Bertz CT molecular complexity index is 871. The van der Waals surface area contributed by atoms with Crippen molar-refractivity contribution in [2.45, 2.75) is 19.4 Å². The van der Waals surface area contributed by atoms with E-state index in [1.807, 2.05) is 25.1 Å². The lowest BCUT2D eigenvalue weighted by Crippen LogP contribution is -2.28. The van der Waals surface area contributed by atoms with Gasteiger partial charge in [-0.2, -0.15) is 0 Å². The summed E-state index contributed by atoms with van der Waals surface area (Å²) in [6.07, 6.45) is 0.163. The Morgan fingerprint density at radius 2 is 1.62 bits per heavy atom. The standard InChI is InChI=1S/C20H17Cl2NO/c1-13(15-10-9-14-5-2-3-6-16(14)11-15)23-20(24)12-17-18(21)7-4-8-19(17)22/h2-11,13H,12H2,1H3,(H,23,24). The zero-order valence-corrected chi connectivity index (χ0v) is 14.7. The number of fused-ring (bicyclic) bond motifs is 1. The molecule has 1 atom stereocenters. The minimum absolute atomic E-state index is 0.0941. The number of benzene rings is 3. The van der Waals surface area contributed by atoms with Gasteiger partial charge in [0.2, 0.25) is 5.91 Å². The SMILES string of the molecule is CC(NC(=O)Cc1c(Cl)cccc1Cl)c1ccc2ccccc2c1. The highest BCUT2D eigenvalue weighted by molar-refractivity contribution is 6.36. The number of hydrogen-bond acceptors (Lipinski definition) is 1. The van der Waals surface area contributed by atoms with E-state index in [4.69, 9.17) is 23.2 Å². The topological polar surface area (TPSA) is 29.1 Å². The molecule has 0 bridgehead atoms. The van der Waals surface area contributed by atoms with Crippen molar-refractivity contribution in [2.75, 3.05) is 0 Å². The maximum absolute atomic E-state index is 12.3. The van der Waals surface area contributed by atoms with Crippen LogP contribution >= 0.6 is 23.2 Å². The molecular weight excluding hydrogens is 341 g/mol. The second-order valence-electron chi connectivity index (χ2n) is 5.77. The molecule has 0 fully saturated rings. The second-order valence-corrected chi connectivity index (χ2v) is 6.59. The second kappa shape index (κ2) is 7.25. The fraction of sp³-hybridized carbons (Fsp3) is 0.150. The molecule has 0 saturated heterocycles. The van der Waals surface area contributed by atoms with Crippen molar-refractivity contribution in [3.05, 3.63) is 81.8 Å². The molecule has 0 saturated carbocycles. The lowest BCUT2D eigenvalue weighted by molar-refractivity contribution is -0.121.